The molecular weight excluding hydrogens is 270 g/mol. The van der Waals surface area contributed by atoms with Gasteiger partial charge in [-0.2, -0.15) is 0 Å². The van der Waals surface area contributed by atoms with Gasteiger partial charge in [0, 0.05) is 12.3 Å². The van der Waals surface area contributed by atoms with Gasteiger partial charge in [-0.15, -0.1) is 0 Å². The Morgan fingerprint density at radius 1 is 0.762 bits per heavy atom. The first-order valence-corrected chi connectivity index (χ1v) is 7.54. The van der Waals surface area contributed by atoms with Crippen molar-refractivity contribution in [1.29, 1.82) is 0 Å². The van der Waals surface area contributed by atoms with Gasteiger partial charge in [0.2, 0.25) is 0 Å². The van der Waals surface area contributed by atoms with E-state index in [1.165, 1.54) is 0 Å². The van der Waals surface area contributed by atoms with E-state index >= 15 is 0 Å². The zero-order chi connectivity index (χ0) is 15.2. The molecule has 120 valence electrons. The van der Waals surface area contributed by atoms with Crippen LogP contribution >= 0.6 is 0 Å². The Kier molecular flexibility index (Phi) is 10.5. The molecule has 0 aliphatic rings. The van der Waals surface area contributed by atoms with E-state index in [1.807, 2.05) is 24.3 Å². The van der Waals surface area contributed by atoms with E-state index in [2.05, 4.69) is 6.92 Å². The van der Waals surface area contributed by atoms with Crippen LogP contribution < -0.4 is 10.5 Å². The van der Waals surface area contributed by atoms with Crippen LogP contribution in [0.3, 0.4) is 0 Å². The van der Waals surface area contributed by atoms with Gasteiger partial charge >= 0.3 is 0 Å². The van der Waals surface area contributed by atoms with Crippen molar-refractivity contribution in [2.75, 3.05) is 52.0 Å². The second-order valence-corrected chi connectivity index (χ2v) is 4.61. The van der Waals surface area contributed by atoms with Gasteiger partial charge in [0.25, 0.3) is 0 Å². The molecule has 0 aliphatic carbocycles. The van der Waals surface area contributed by atoms with Crippen molar-refractivity contribution in [3.8, 4) is 5.75 Å². The van der Waals surface area contributed by atoms with Crippen LogP contribution in [0.1, 0.15) is 19.8 Å². The smallest absolute Gasteiger partial charge is 0.119 e. The van der Waals surface area contributed by atoms with E-state index in [1.54, 1.807) is 0 Å². The number of unbranched alkanes of at least 4 members (excludes halogenated alkanes) is 1. The Hall–Kier alpha value is -1.30. The van der Waals surface area contributed by atoms with Crippen LogP contribution in [0.4, 0.5) is 5.69 Å². The first-order valence-electron chi connectivity index (χ1n) is 7.54. The van der Waals surface area contributed by atoms with Crippen molar-refractivity contribution in [2.24, 2.45) is 0 Å². The molecule has 0 heterocycles. The highest BCUT2D eigenvalue weighted by Gasteiger charge is 1.94. The molecule has 21 heavy (non-hydrogen) atoms. The maximum atomic E-state index is 5.59. The summed E-state index contributed by atoms with van der Waals surface area (Å²) in [5.41, 5.74) is 6.32. The molecule has 1 aromatic rings. The third kappa shape index (κ3) is 10.1. The fraction of sp³-hybridized carbons (Fsp3) is 0.625. The summed E-state index contributed by atoms with van der Waals surface area (Å²) in [7, 11) is 0. The number of nitrogen functional groups attached to an aromatic ring is 1. The third-order valence-electron chi connectivity index (χ3n) is 2.76. The fourth-order valence-corrected chi connectivity index (χ4v) is 1.57. The van der Waals surface area contributed by atoms with Gasteiger partial charge in [-0.1, -0.05) is 13.3 Å². The van der Waals surface area contributed by atoms with Crippen molar-refractivity contribution >= 4 is 5.69 Å². The molecule has 0 spiro atoms. The highest BCUT2D eigenvalue weighted by Crippen LogP contribution is 2.12. The van der Waals surface area contributed by atoms with Gasteiger partial charge in [-0.05, 0) is 30.7 Å². The number of hydrogen-bond donors (Lipinski definition) is 1. The number of benzene rings is 1. The predicted molar refractivity (Wildman–Crippen MR) is 83.7 cm³/mol. The van der Waals surface area contributed by atoms with E-state index in [4.69, 9.17) is 24.7 Å². The summed E-state index contributed by atoms with van der Waals surface area (Å²) in [6.45, 7) is 6.45. The van der Waals surface area contributed by atoms with Crippen molar-refractivity contribution in [3.63, 3.8) is 0 Å². The topological polar surface area (TPSA) is 62.9 Å². The Labute approximate surface area is 127 Å². The van der Waals surface area contributed by atoms with Crippen molar-refractivity contribution < 1.29 is 18.9 Å². The molecule has 0 saturated carbocycles. The summed E-state index contributed by atoms with van der Waals surface area (Å²) < 4.78 is 21.7. The van der Waals surface area contributed by atoms with Crippen LogP contribution in [0.25, 0.3) is 0 Å². The number of ether oxygens (including phenoxy) is 4. The highest BCUT2D eigenvalue weighted by atomic mass is 16.6. The standard InChI is InChI=1S/C16H27NO4/c1-2-3-8-18-9-10-19-11-12-20-13-14-21-16-6-4-15(17)5-7-16/h4-7H,2-3,8-14,17H2,1H3. The lowest BCUT2D eigenvalue weighted by Gasteiger charge is -2.08. The Balaban J connectivity index is 1.81. The molecule has 1 rings (SSSR count). The molecule has 2 N–H and O–H groups in total. The Morgan fingerprint density at radius 2 is 1.29 bits per heavy atom. The average molecular weight is 297 g/mol. The molecule has 0 radical (unpaired) electrons. The summed E-state index contributed by atoms with van der Waals surface area (Å²) in [6.07, 6.45) is 2.27. The number of nitrogens with two attached hydrogens (primary N) is 1. The highest BCUT2D eigenvalue weighted by molar-refractivity contribution is 5.41. The largest absolute Gasteiger partial charge is 0.491 e. The lowest BCUT2D eigenvalue weighted by atomic mass is 10.3. The van der Waals surface area contributed by atoms with Crippen molar-refractivity contribution in [2.45, 2.75) is 19.8 Å². The first kappa shape index (κ1) is 17.8. The second kappa shape index (κ2) is 12.4. The molecule has 0 bridgehead atoms. The van der Waals surface area contributed by atoms with Gasteiger partial charge in [0.1, 0.15) is 12.4 Å². The van der Waals surface area contributed by atoms with Crippen LogP contribution in [0.5, 0.6) is 5.75 Å². The number of hydrogen-bond acceptors (Lipinski definition) is 5. The molecule has 0 aliphatic heterocycles. The maximum absolute atomic E-state index is 5.59. The number of anilines is 1. The fourth-order valence-electron chi connectivity index (χ4n) is 1.57. The van der Waals surface area contributed by atoms with E-state index < -0.39 is 0 Å². The minimum atomic E-state index is 0.518. The molecule has 5 nitrogen and oxygen atoms in total. The lowest BCUT2D eigenvalue weighted by Crippen LogP contribution is -2.12. The maximum Gasteiger partial charge on any atom is 0.119 e. The van der Waals surface area contributed by atoms with Gasteiger partial charge < -0.3 is 24.7 Å². The van der Waals surface area contributed by atoms with Gasteiger partial charge in [-0.3, -0.25) is 0 Å². The zero-order valence-electron chi connectivity index (χ0n) is 12.9. The van der Waals surface area contributed by atoms with Crippen molar-refractivity contribution in [3.05, 3.63) is 24.3 Å². The van der Waals surface area contributed by atoms with Gasteiger partial charge in [-0.25, -0.2) is 0 Å². The van der Waals surface area contributed by atoms with Crippen LogP contribution in [0, 0.1) is 0 Å². The Bertz CT molecular complexity index is 343. The molecule has 0 aromatic heterocycles. The van der Waals surface area contributed by atoms with Gasteiger partial charge in [0.15, 0.2) is 0 Å². The molecule has 0 amide bonds. The molecule has 0 atom stereocenters. The monoisotopic (exact) mass is 297 g/mol. The van der Waals surface area contributed by atoms with E-state index in [9.17, 15) is 0 Å². The summed E-state index contributed by atoms with van der Waals surface area (Å²) in [5, 5.41) is 0. The minimum Gasteiger partial charge on any atom is -0.491 e. The van der Waals surface area contributed by atoms with Crippen LogP contribution in [-0.2, 0) is 14.2 Å². The van der Waals surface area contributed by atoms with E-state index in [0.717, 1.165) is 30.9 Å². The van der Waals surface area contributed by atoms with E-state index in [0.29, 0.717) is 39.6 Å². The first-order chi connectivity index (χ1) is 10.3. The van der Waals surface area contributed by atoms with Crippen LogP contribution in [0.15, 0.2) is 24.3 Å². The minimum absolute atomic E-state index is 0.518. The van der Waals surface area contributed by atoms with Gasteiger partial charge in [0.05, 0.1) is 33.0 Å². The summed E-state index contributed by atoms with van der Waals surface area (Å²) in [4.78, 5) is 0. The third-order valence-corrected chi connectivity index (χ3v) is 2.76. The summed E-state index contributed by atoms with van der Waals surface area (Å²) >= 11 is 0. The predicted octanol–water partition coefficient (Wildman–Crippen LogP) is 2.50. The van der Waals surface area contributed by atoms with E-state index in [-0.39, 0.29) is 0 Å². The lowest BCUT2D eigenvalue weighted by molar-refractivity contribution is 0.00895. The normalized spacial score (nSPS) is 10.7. The quantitative estimate of drug-likeness (QED) is 0.448. The average Bonchev–Trinajstić information content (AvgIpc) is 2.50. The number of rotatable bonds is 13. The summed E-state index contributed by atoms with van der Waals surface area (Å²) in [5.74, 6) is 0.799. The second-order valence-electron chi connectivity index (χ2n) is 4.61. The Morgan fingerprint density at radius 3 is 1.86 bits per heavy atom. The molecule has 1 aromatic carbocycles. The van der Waals surface area contributed by atoms with Crippen molar-refractivity contribution in [1.82, 2.24) is 0 Å². The summed E-state index contributed by atoms with van der Waals surface area (Å²) in [6, 6.07) is 7.31. The molecule has 5 heteroatoms. The SMILES string of the molecule is CCCCOCCOCCOCCOc1ccc(N)cc1. The molecule has 0 unspecified atom stereocenters. The van der Waals surface area contributed by atoms with Crippen LogP contribution in [0.2, 0.25) is 0 Å². The molecule has 0 fully saturated rings. The zero-order valence-corrected chi connectivity index (χ0v) is 12.9. The molecule has 0 saturated heterocycles. The van der Waals surface area contributed by atoms with Crippen LogP contribution in [-0.4, -0.2) is 46.2 Å². The molecular formula is C16H27NO4.